The van der Waals surface area contributed by atoms with Crippen LogP contribution in [0.2, 0.25) is 0 Å². The normalized spacial score (nSPS) is 29.3. The van der Waals surface area contributed by atoms with Crippen LogP contribution in [0.15, 0.2) is 0 Å². The van der Waals surface area contributed by atoms with Crippen LogP contribution < -0.4 is 5.73 Å². The Hall–Kier alpha value is -0.650. The summed E-state index contributed by atoms with van der Waals surface area (Å²) in [4.78, 5) is 11.7. The van der Waals surface area contributed by atoms with Gasteiger partial charge in [-0.2, -0.15) is 0 Å². The van der Waals surface area contributed by atoms with Gasteiger partial charge in [-0.15, -0.1) is 0 Å². The molecule has 5 heteroatoms. The van der Waals surface area contributed by atoms with E-state index in [1.165, 1.54) is 6.42 Å². The minimum atomic E-state index is -0.479. The lowest BCUT2D eigenvalue weighted by atomic mass is 9.91. The minimum absolute atomic E-state index is 0.0996. The molecule has 2 aliphatic rings. The molecule has 1 spiro atoms. The lowest BCUT2D eigenvalue weighted by Gasteiger charge is -2.46. The molecular weight excluding hydrogens is 258 g/mol. The third-order valence-corrected chi connectivity index (χ3v) is 4.09. The summed E-state index contributed by atoms with van der Waals surface area (Å²) in [5, 5.41) is 0. The van der Waals surface area contributed by atoms with Crippen molar-refractivity contribution in [3.05, 3.63) is 0 Å². The van der Waals surface area contributed by atoms with Gasteiger partial charge in [0.1, 0.15) is 0 Å². The van der Waals surface area contributed by atoms with Crippen LogP contribution in [0.5, 0.6) is 0 Å². The van der Waals surface area contributed by atoms with Crippen LogP contribution in [0.1, 0.15) is 58.3 Å². The van der Waals surface area contributed by atoms with Gasteiger partial charge in [0.15, 0.2) is 5.79 Å². The molecule has 0 bridgehead atoms. The number of esters is 1. The van der Waals surface area contributed by atoms with Crippen LogP contribution in [0.4, 0.5) is 0 Å². The van der Waals surface area contributed by atoms with E-state index in [-0.39, 0.29) is 18.2 Å². The molecule has 2 rings (SSSR count). The van der Waals surface area contributed by atoms with Crippen LogP contribution >= 0.6 is 0 Å². The highest BCUT2D eigenvalue weighted by Gasteiger charge is 2.43. The largest absolute Gasteiger partial charge is 0.466 e. The quantitative estimate of drug-likeness (QED) is 0.783. The predicted molar refractivity (Wildman–Crippen MR) is 75.1 cm³/mol. The van der Waals surface area contributed by atoms with E-state index in [0.29, 0.717) is 19.6 Å². The van der Waals surface area contributed by atoms with Crippen LogP contribution in [0.25, 0.3) is 0 Å². The topological polar surface area (TPSA) is 70.8 Å². The van der Waals surface area contributed by atoms with Crippen molar-refractivity contribution in [1.29, 1.82) is 0 Å². The van der Waals surface area contributed by atoms with Crippen molar-refractivity contribution in [3.63, 3.8) is 0 Å². The molecule has 2 N–H and O–H groups in total. The molecule has 1 aliphatic carbocycles. The average molecular weight is 285 g/mol. The molecule has 0 aromatic rings. The summed E-state index contributed by atoms with van der Waals surface area (Å²) >= 11 is 0. The number of nitrogens with two attached hydrogens (primary N) is 1. The zero-order valence-electron chi connectivity index (χ0n) is 12.4. The van der Waals surface area contributed by atoms with Gasteiger partial charge in [-0.1, -0.05) is 6.42 Å². The van der Waals surface area contributed by atoms with Crippen LogP contribution in [0.3, 0.4) is 0 Å². The van der Waals surface area contributed by atoms with Crippen molar-refractivity contribution in [1.82, 2.24) is 0 Å². The first kappa shape index (κ1) is 15.7. The predicted octanol–water partition coefficient (Wildman–Crippen LogP) is 2.12. The number of rotatable bonds is 5. The van der Waals surface area contributed by atoms with Crippen molar-refractivity contribution < 1.29 is 19.0 Å². The second kappa shape index (κ2) is 7.38. The molecule has 0 aromatic carbocycles. The lowest BCUT2D eigenvalue weighted by Crippen LogP contribution is -2.50. The van der Waals surface area contributed by atoms with E-state index < -0.39 is 5.79 Å². The van der Waals surface area contributed by atoms with Crippen LogP contribution in [-0.2, 0) is 19.0 Å². The highest BCUT2D eigenvalue weighted by Crippen LogP contribution is 2.40. The van der Waals surface area contributed by atoms with E-state index in [2.05, 4.69) is 0 Å². The van der Waals surface area contributed by atoms with E-state index in [0.717, 1.165) is 38.5 Å². The molecule has 0 radical (unpaired) electrons. The number of ether oxygens (including phenoxy) is 3. The highest BCUT2D eigenvalue weighted by molar-refractivity contribution is 5.69. The van der Waals surface area contributed by atoms with Crippen LogP contribution in [0, 0.1) is 0 Å². The molecule has 1 heterocycles. The fraction of sp³-hybridized carbons (Fsp3) is 0.933. The van der Waals surface area contributed by atoms with Gasteiger partial charge in [0.2, 0.25) is 0 Å². The summed E-state index contributed by atoms with van der Waals surface area (Å²) in [6, 6.07) is 0. The van der Waals surface area contributed by atoms with Gasteiger partial charge < -0.3 is 19.9 Å². The molecular formula is C15H27NO4. The Morgan fingerprint density at radius 3 is 2.60 bits per heavy atom. The van der Waals surface area contributed by atoms with E-state index in [9.17, 15) is 4.79 Å². The van der Waals surface area contributed by atoms with E-state index in [1.54, 1.807) is 0 Å². The third kappa shape index (κ3) is 4.17. The molecule has 1 saturated carbocycles. The maximum absolute atomic E-state index is 11.7. The first-order valence-electron chi connectivity index (χ1n) is 7.89. The van der Waals surface area contributed by atoms with Gasteiger partial charge in [0, 0.05) is 19.3 Å². The highest BCUT2D eigenvalue weighted by atomic mass is 16.7. The zero-order valence-corrected chi connectivity index (χ0v) is 12.4. The second-order valence-corrected chi connectivity index (χ2v) is 5.77. The molecule has 0 aromatic heterocycles. The van der Waals surface area contributed by atoms with Gasteiger partial charge in [-0.05, 0) is 32.7 Å². The van der Waals surface area contributed by atoms with Gasteiger partial charge in [0.05, 0.1) is 25.2 Å². The Morgan fingerprint density at radius 1 is 1.25 bits per heavy atom. The summed E-state index contributed by atoms with van der Waals surface area (Å²) in [6.07, 6.45) is 7.22. The molecule has 2 atom stereocenters. The molecule has 116 valence electrons. The number of hydrogen-bond acceptors (Lipinski definition) is 5. The second-order valence-electron chi connectivity index (χ2n) is 5.77. The Bertz CT molecular complexity index is 315. The summed E-state index contributed by atoms with van der Waals surface area (Å²) in [5.74, 6) is -0.662. The smallest absolute Gasteiger partial charge is 0.308 e. The number of hydrogen-bond donors (Lipinski definition) is 1. The number of carbonyl (C=O) groups excluding carboxylic acids is 1. The molecule has 0 amide bonds. The number of carbonyl (C=O) groups is 1. The Kier molecular flexibility index (Phi) is 5.81. The molecule has 2 fully saturated rings. The van der Waals surface area contributed by atoms with Gasteiger partial charge in [-0.3, -0.25) is 4.79 Å². The first-order chi connectivity index (χ1) is 9.67. The van der Waals surface area contributed by atoms with E-state index in [4.69, 9.17) is 19.9 Å². The van der Waals surface area contributed by atoms with Gasteiger partial charge in [-0.25, -0.2) is 0 Å². The molecule has 20 heavy (non-hydrogen) atoms. The van der Waals surface area contributed by atoms with Crippen LogP contribution in [-0.4, -0.2) is 37.1 Å². The fourth-order valence-corrected chi connectivity index (χ4v) is 3.24. The maximum Gasteiger partial charge on any atom is 0.308 e. The standard InChI is InChI=1S/C15H27NO4/c1-2-18-14(17)11-13-10-12(6-9-16)19-15(20-13)7-4-3-5-8-15/h12-13H,2-11,16H2,1H3/t12-,13-/m1/s1. The Balaban J connectivity index is 1.98. The van der Waals surface area contributed by atoms with Crippen molar-refractivity contribution in [2.75, 3.05) is 13.2 Å². The van der Waals surface area contributed by atoms with Crippen molar-refractivity contribution in [2.24, 2.45) is 5.73 Å². The first-order valence-corrected chi connectivity index (χ1v) is 7.89. The SMILES string of the molecule is CCOC(=O)C[C@H]1C[C@@H](CCN)OC2(CCCCC2)O1. The van der Waals surface area contributed by atoms with Gasteiger partial charge in [0.25, 0.3) is 0 Å². The Morgan fingerprint density at radius 2 is 1.95 bits per heavy atom. The summed E-state index contributed by atoms with van der Waals surface area (Å²) in [7, 11) is 0. The average Bonchev–Trinajstić information content (AvgIpc) is 2.39. The summed E-state index contributed by atoms with van der Waals surface area (Å²) < 4.78 is 17.3. The maximum atomic E-state index is 11.7. The van der Waals surface area contributed by atoms with E-state index in [1.807, 2.05) is 6.92 Å². The molecule has 1 aliphatic heterocycles. The summed E-state index contributed by atoms with van der Waals surface area (Å²) in [5.41, 5.74) is 5.66. The molecule has 5 nitrogen and oxygen atoms in total. The van der Waals surface area contributed by atoms with Crippen molar-refractivity contribution >= 4 is 5.97 Å². The fourth-order valence-electron chi connectivity index (χ4n) is 3.24. The Labute approximate surface area is 121 Å². The monoisotopic (exact) mass is 285 g/mol. The van der Waals surface area contributed by atoms with Crippen molar-refractivity contribution in [2.45, 2.75) is 76.3 Å². The summed E-state index contributed by atoms with van der Waals surface area (Å²) in [6.45, 7) is 2.84. The van der Waals surface area contributed by atoms with Gasteiger partial charge >= 0.3 is 5.97 Å². The zero-order chi connectivity index (χ0) is 14.4. The van der Waals surface area contributed by atoms with Crippen molar-refractivity contribution in [3.8, 4) is 0 Å². The van der Waals surface area contributed by atoms with E-state index >= 15 is 0 Å². The third-order valence-electron chi connectivity index (χ3n) is 4.09. The minimum Gasteiger partial charge on any atom is -0.466 e. The lowest BCUT2D eigenvalue weighted by molar-refractivity contribution is -0.329. The molecule has 1 saturated heterocycles. The molecule has 0 unspecified atom stereocenters.